The summed E-state index contributed by atoms with van der Waals surface area (Å²) >= 11 is 0. The molecule has 103 heavy (non-hydrogen) atoms. The maximum absolute atomic E-state index is 13.1. The quantitative estimate of drug-likeness (QED) is 0.0222. The molecule has 612 valence electrons. The molecule has 0 aromatic carbocycles. The van der Waals surface area contributed by atoms with E-state index in [1.165, 1.54) is 289 Å². The number of hydrogen-bond donors (Lipinski definition) is 3. The van der Waals surface area contributed by atoms with E-state index in [1.54, 1.807) is 0 Å². The van der Waals surface area contributed by atoms with Crippen LogP contribution in [0.5, 0.6) is 0 Å². The number of esters is 4. The lowest BCUT2D eigenvalue weighted by Crippen LogP contribution is -2.30. The van der Waals surface area contributed by atoms with Gasteiger partial charge in [0.05, 0.1) is 26.4 Å². The molecule has 0 bridgehead atoms. The summed E-state index contributed by atoms with van der Waals surface area (Å²) in [5.74, 6) is -2.10. The van der Waals surface area contributed by atoms with E-state index in [-0.39, 0.29) is 25.7 Å². The Morgan fingerprint density at radius 2 is 0.388 bits per heavy atom. The first-order valence-corrected chi connectivity index (χ1v) is 46.8. The highest BCUT2D eigenvalue weighted by Gasteiger charge is 2.30. The molecule has 0 heterocycles. The van der Waals surface area contributed by atoms with Crippen LogP contribution in [0.2, 0.25) is 0 Å². The number of phosphoric ester groups is 2. The van der Waals surface area contributed by atoms with E-state index in [0.717, 1.165) is 89.9 Å². The normalized spacial score (nSPS) is 13.7. The fraction of sp³-hybridized carbons (Fsp3) is 0.952. The van der Waals surface area contributed by atoms with Crippen LogP contribution in [0.15, 0.2) is 0 Å². The maximum Gasteiger partial charge on any atom is 0.472 e. The number of hydrogen-bond acceptors (Lipinski definition) is 15. The predicted molar refractivity (Wildman–Crippen MR) is 423 cm³/mol. The molecule has 5 atom stereocenters. The molecule has 2 unspecified atom stereocenters. The van der Waals surface area contributed by atoms with E-state index in [9.17, 15) is 43.2 Å². The molecule has 0 saturated heterocycles. The predicted octanol–water partition coefficient (Wildman–Crippen LogP) is 25.7. The zero-order valence-corrected chi connectivity index (χ0v) is 69.1. The van der Waals surface area contributed by atoms with Crippen LogP contribution in [0.1, 0.15) is 458 Å². The molecule has 0 aliphatic carbocycles. The number of aliphatic hydroxyl groups is 1. The molecule has 3 N–H and O–H groups in total. The van der Waals surface area contributed by atoms with E-state index in [0.29, 0.717) is 25.7 Å². The molecule has 0 aromatic rings. The number of aliphatic hydroxyl groups excluding tert-OH is 1. The van der Waals surface area contributed by atoms with Crippen LogP contribution in [-0.2, 0) is 65.4 Å². The Bertz CT molecular complexity index is 1950. The fourth-order valence-corrected chi connectivity index (χ4v) is 14.7. The minimum atomic E-state index is -4.96. The molecule has 0 radical (unpaired) electrons. The third kappa shape index (κ3) is 78.0. The summed E-state index contributed by atoms with van der Waals surface area (Å²) in [6.07, 6.45) is 72.1. The molecule has 0 saturated carbocycles. The van der Waals surface area contributed by atoms with Crippen LogP contribution in [-0.4, -0.2) is 96.7 Å². The molecular formula is C84H164O17P2. The third-order valence-electron chi connectivity index (χ3n) is 19.9. The molecular weight excluding hydrogens is 1340 g/mol. The van der Waals surface area contributed by atoms with Gasteiger partial charge in [-0.25, -0.2) is 9.13 Å². The summed E-state index contributed by atoms with van der Waals surface area (Å²) in [7, 11) is -9.92. The molecule has 0 spiro atoms. The minimum absolute atomic E-state index is 0.109. The van der Waals surface area contributed by atoms with Crippen molar-refractivity contribution in [2.24, 2.45) is 0 Å². The largest absolute Gasteiger partial charge is 0.472 e. The SMILES string of the molecule is CCCCCCCCCCCCCCCCCCCCCCCCC(=O)O[C@H](COC(=O)CCCCCCCCCCCCCCCCC)COP(=O)(O)OC[C@@H](O)COP(=O)(O)OC[C@@H](COC(=O)CCCCCCCCCCCCCCC)OC(=O)CCCCCCCCCCCCCCC. The second kappa shape index (κ2) is 78.2. The van der Waals surface area contributed by atoms with E-state index in [2.05, 4.69) is 27.7 Å². The monoisotopic (exact) mass is 1510 g/mol. The zero-order valence-electron chi connectivity index (χ0n) is 67.3. The zero-order chi connectivity index (χ0) is 75.3. The number of carbonyl (C=O) groups excluding carboxylic acids is 4. The van der Waals surface area contributed by atoms with Crippen molar-refractivity contribution in [3.63, 3.8) is 0 Å². The Balaban J connectivity index is 5.22. The first-order chi connectivity index (χ1) is 50.2. The molecule has 0 aromatic heterocycles. The number of unbranched alkanes of at least 4 members (excludes halogenated alkanes) is 59. The van der Waals surface area contributed by atoms with E-state index in [4.69, 9.17) is 37.0 Å². The molecule has 0 fully saturated rings. The second-order valence-corrected chi connectivity index (χ2v) is 33.1. The molecule has 0 aliphatic rings. The number of phosphoric acid groups is 2. The average Bonchev–Trinajstić information content (AvgIpc) is 1.10. The van der Waals surface area contributed by atoms with E-state index < -0.39 is 97.5 Å². The lowest BCUT2D eigenvalue weighted by molar-refractivity contribution is -0.161. The van der Waals surface area contributed by atoms with Crippen LogP contribution in [0.3, 0.4) is 0 Å². The number of ether oxygens (including phenoxy) is 4. The number of rotatable bonds is 85. The second-order valence-electron chi connectivity index (χ2n) is 30.2. The molecule has 0 rings (SSSR count). The van der Waals surface area contributed by atoms with Gasteiger partial charge in [0, 0.05) is 25.7 Å². The molecule has 17 nitrogen and oxygen atoms in total. The van der Waals surface area contributed by atoms with Crippen molar-refractivity contribution in [3.8, 4) is 0 Å². The van der Waals surface area contributed by atoms with Crippen molar-refractivity contribution in [3.05, 3.63) is 0 Å². The highest BCUT2D eigenvalue weighted by Crippen LogP contribution is 2.45. The van der Waals surface area contributed by atoms with Gasteiger partial charge >= 0.3 is 39.5 Å². The summed E-state index contributed by atoms with van der Waals surface area (Å²) in [4.78, 5) is 73.1. The van der Waals surface area contributed by atoms with Gasteiger partial charge in [0.15, 0.2) is 12.2 Å². The van der Waals surface area contributed by atoms with Gasteiger partial charge in [-0.05, 0) is 25.7 Å². The number of carbonyl (C=O) groups is 4. The molecule has 0 aliphatic heterocycles. The Morgan fingerprint density at radius 3 is 0.573 bits per heavy atom. The van der Waals surface area contributed by atoms with Gasteiger partial charge in [-0.1, -0.05) is 407 Å². The van der Waals surface area contributed by atoms with Crippen LogP contribution < -0.4 is 0 Å². The van der Waals surface area contributed by atoms with Crippen molar-refractivity contribution < 1.29 is 80.2 Å². The van der Waals surface area contributed by atoms with Gasteiger partial charge < -0.3 is 33.8 Å². The van der Waals surface area contributed by atoms with Crippen LogP contribution in [0.4, 0.5) is 0 Å². The lowest BCUT2D eigenvalue weighted by Gasteiger charge is -2.21. The maximum atomic E-state index is 13.1. The van der Waals surface area contributed by atoms with Crippen LogP contribution >= 0.6 is 15.6 Å². The average molecular weight is 1510 g/mol. The lowest BCUT2D eigenvalue weighted by atomic mass is 10.0. The van der Waals surface area contributed by atoms with E-state index in [1.807, 2.05) is 0 Å². The van der Waals surface area contributed by atoms with Gasteiger partial charge in [-0.3, -0.25) is 37.3 Å². The fourth-order valence-electron chi connectivity index (χ4n) is 13.2. The Hall–Kier alpha value is -1.94. The van der Waals surface area contributed by atoms with Gasteiger partial charge in [-0.15, -0.1) is 0 Å². The smallest absolute Gasteiger partial charge is 0.462 e. The van der Waals surface area contributed by atoms with Crippen molar-refractivity contribution in [2.45, 2.75) is 476 Å². The van der Waals surface area contributed by atoms with Gasteiger partial charge in [0.25, 0.3) is 0 Å². The van der Waals surface area contributed by atoms with E-state index >= 15 is 0 Å². The molecule has 0 amide bonds. The first kappa shape index (κ1) is 101. The van der Waals surface area contributed by atoms with Gasteiger partial charge in [0.1, 0.15) is 19.3 Å². The summed E-state index contributed by atoms with van der Waals surface area (Å²) in [5, 5.41) is 10.7. The van der Waals surface area contributed by atoms with Crippen LogP contribution in [0, 0.1) is 0 Å². The summed E-state index contributed by atoms with van der Waals surface area (Å²) in [5.41, 5.74) is 0. The van der Waals surface area contributed by atoms with Crippen LogP contribution in [0.25, 0.3) is 0 Å². The topological polar surface area (TPSA) is 237 Å². The van der Waals surface area contributed by atoms with Crippen molar-refractivity contribution in [1.29, 1.82) is 0 Å². The van der Waals surface area contributed by atoms with Gasteiger partial charge in [0.2, 0.25) is 0 Å². The standard InChI is InChI=1S/C84H164O17P2/c1-5-9-13-17-21-25-29-33-35-36-37-38-39-40-41-43-47-51-55-59-63-67-71-84(89)101-80(75-95-82(87)69-65-61-57-53-49-46-42-34-30-26-22-18-14-10-6-2)77-99-103(92,93)97-73-78(85)72-96-102(90,91)98-76-79(100-83(88)70-66-62-58-54-50-45-32-28-24-20-16-12-8-4)74-94-81(86)68-64-60-56-52-48-44-31-27-23-19-15-11-7-3/h78-80,85H,5-77H2,1-4H3,(H,90,91)(H,92,93)/t78-,79+,80+/m0/s1. The summed E-state index contributed by atoms with van der Waals surface area (Å²) < 4.78 is 68.8. The summed E-state index contributed by atoms with van der Waals surface area (Å²) in [6, 6.07) is 0. The highest BCUT2D eigenvalue weighted by atomic mass is 31.2. The van der Waals surface area contributed by atoms with Crippen molar-refractivity contribution >= 4 is 39.5 Å². The Labute approximate surface area is 632 Å². The van der Waals surface area contributed by atoms with Crippen molar-refractivity contribution in [1.82, 2.24) is 0 Å². The summed E-state index contributed by atoms with van der Waals surface area (Å²) in [6.45, 7) is 5.05. The minimum Gasteiger partial charge on any atom is -0.462 e. The molecule has 19 heteroatoms. The highest BCUT2D eigenvalue weighted by molar-refractivity contribution is 7.47. The van der Waals surface area contributed by atoms with Crippen molar-refractivity contribution in [2.75, 3.05) is 39.6 Å². The Morgan fingerprint density at radius 1 is 0.233 bits per heavy atom. The Kier molecular flexibility index (Phi) is 76.7. The first-order valence-electron chi connectivity index (χ1n) is 43.8. The van der Waals surface area contributed by atoms with Gasteiger partial charge in [-0.2, -0.15) is 0 Å². The third-order valence-corrected chi connectivity index (χ3v) is 21.8.